The van der Waals surface area contributed by atoms with Gasteiger partial charge in [-0.15, -0.1) is 16.4 Å². The van der Waals surface area contributed by atoms with Gasteiger partial charge in [0.25, 0.3) is 5.56 Å². The number of aromatic nitrogens is 4. The van der Waals surface area contributed by atoms with Crippen molar-refractivity contribution in [3.8, 4) is 21.1 Å². The number of aromatic amines is 1. The minimum Gasteiger partial charge on any atom is -0.267 e. The van der Waals surface area contributed by atoms with Crippen molar-refractivity contribution in [3.63, 3.8) is 0 Å². The number of benzene rings is 1. The van der Waals surface area contributed by atoms with Crippen LogP contribution in [0.2, 0.25) is 0 Å². The van der Waals surface area contributed by atoms with Gasteiger partial charge in [-0.05, 0) is 30.3 Å². The topological polar surface area (TPSA) is 71.5 Å². The van der Waals surface area contributed by atoms with E-state index in [1.807, 2.05) is 42.5 Å². The average molecular weight is 306 g/mol. The molecule has 3 aromatic heterocycles. The first kappa shape index (κ1) is 12.8. The molecule has 0 saturated carbocycles. The Bertz CT molecular complexity index is 1010. The highest BCUT2D eigenvalue weighted by molar-refractivity contribution is 7.18. The van der Waals surface area contributed by atoms with Crippen LogP contribution in [0.5, 0.6) is 0 Å². The molecule has 0 aliphatic rings. The third-order valence-corrected chi connectivity index (χ3v) is 4.47. The molecule has 6 heteroatoms. The highest BCUT2D eigenvalue weighted by Crippen LogP contribution is 2.34. The Labute approximate surface area is 129 Å². The van der Waals surface area contributed by atoms with Crippen LogP contribution >= 0.6 is 11.3 Å². The second-order valence-electron chi connectivity index (χ2n) is 4.72. The van der Waals surface area contributed by atoms with Gasteiger partial charge in [-0.1, -0.05) is 18.2 Å². The summed E-state index contributed by atoms with van der Waals surface area (Å²) in [5, 5.41) is 16.3. The number of hydrogen-bond donors (Lipinski definition) is 1. The van der Waals surface area contributed by atoms with Gasteiger partial charge in [-0.25, -0.2) is 5.10 Å². The van der Waals surface area contributed by atoms with Crippen LogP contribution in [0, 0.1) is 0 Å². The minimum atomic E-state index is -0.176. The van der Waals surface area contributed by atoms with Crippen LogP contribution < -0.4 is 5.56 Å². The van der Waals surface area contributed by atoms with E-state index < -0.39 is 0 Å². The molecule has 5 nitrogen and oxygen atoms in total. The van der Waals surface area contributed by atoms with E-state index in [4.69, 9.17) is 0 Å². The van der Waals surface area contributed by atoms with Crippen molar-refractivity contribution < 1.29 is 0 Å². The molecule has 106 valence electrons. The smallest absolute Gasteiger partial charge is 0.267 e. The molecule has 3 heterocycles. The Kier molecular flexibility index (Phi) is 3.01. The van der Waals surface area contributed by atoms with Crippen LogP contribution in [0.25, 0.3) is 31.9 Å². The molecule has 1 N–H and O–H groups in total. The normalized spacial score (nSPS) is 10.9. The molecular weight excluding hydrogens is 296 g/mol. The first-order valence-electron chi connectivity index (χ1n) is 6.68. The van der Waals surface area contributed by atoms with E-state index in [2.05, 4.69) is 20.4 Å². The maximum atomic E-state index is 11.9. The van der Waals surface area contributed by atoms with Gasteiger partial charge in [-0.3, -0.25) is 4.79 Å². The molecule has 0 amide bonds. The summed E-state index contributed by atoms with van der Waals surface area (Å²) in [4.78, 5) is 13.8. The summed E-state index contributed by atoms with van der Waals surface area (Å²) in [6.07, 6.45) is 1.65. The standard InChI is InChI=1S/C16H10N4OS/c21-16-11-5-2-1-4-10(11)15(19-20-16)14-8-7-13(22-14)12-6-3-9-17-18-12/h1-9H,(H,20,21). The highest BCUT2D eigenvalue weighted by Gasteiger charge is 2.11. The predicted octanol–water partition coefficient (Wildman–Crippen LogP) is 3.11. The van der Waals surface area contributed by atoms with Crippen molar-refractivity contribution in [2.24, 2.45) is 0 Å². The van der Waals surface area contributed by atoms with E-state index in [-0.39, 0.29) is 5.56 Å². The molecule has 0 fully saturated rings. The molecule has 0 spiro atoms. The van der Waals surface area contributed by atoms with Crippen molar-refractivity contribution in [1.82, 2.24) is 20.4 Å². The third-order valence-electron chi connectivity index (χ3n) is 3.36. The summed E-state index contributed by atoms with van der Waals surface area (Å²) in [5.41, 5.74) is 1.42. The van der Waals surface area contributed by atoms with E-state index in [0.717, 1.165) is 26.5 Å². The predicted molar refractivity (Wildman–Crippen MR) is 86.7 cm³/mol. The van der Waals surface area contributed by atoms with E-state index in [0.29, 0.717) is 5.39 Å². The van der Waals surface area contributed by atoms with E-state index in [1.54, 1.807) is 23.6 Å². The fourth-order valence-corrected chi connectivity index (χ4v) is 3.31. The van der Waals surface area contributed by atoms with Crippen molar-refractivity contribution in [2.45, 2.75) is 0 Å². The Morgan fingerprint density at radius 3 is 2.55 bits per heavy atom. The Morgan fingerprint density at radius 2 is 1.73 bits per heavy atom. The second kappa shape index (κ2) is 5.16. The van der Waals surface area contributed by atoms with Crippen LogP contribution in [0.4, 0.5) is 0 Å². The van der Waals surface area contributed by atoms with Gasteiger partial charge >= 0.3 is 0 Å². The third kappa shape index (κ3) is 2.10. The molecule has 0 aliphatic carbocycles. The van der Waals surface area contributed by atoms with Crippen molar-refractivity contribution in [2.75, 3.05) is 0 Å². The van der Waals surface area contributed by atoms with Crippen LogP contribution in [0.3, 0.4) is 0 Å². The van der Waals surface area contributed by atoms with Gasteiger partial charge in [0.05, 0.1) is 15.1 Å². The zero-order chi connectivity index (χ0) is 14.9. The van der Waals surface area contributed by atoms with E-state index in [9.17, 15) is 4.79 Å². The van der Waals surface area contributed by atoms with Crippen molar-refractivity contribution in [1.29, 1.82) is 0 Å². The number of hydrogen-bond acceptors (Lipinski definition) is 5. The lowest BCUT2D eigenvalue weighted by Crippen LogP contribution is -2.08. The lowest BCUT2D eigenvalue weighted by atomic mass is 10.1. The van der Waals surface area contributed by atoms with Gasteiger partial charge in [0, 0.05) is 11.6 Å². The largest absolute Gasteiger partial charge is 0.272 e. The van der Waals surface area contributed by atoms with Crippen molar-refractivity contribution >= 4 is 22.1 Å². The van der Waals surface area contributed by atoms with Crippen LogP contribution in [0.1, 0.15) is 0 Å². The van der Waals surface area contributed by atoms with Gasteiger partial charge in [-0.2, -0.15) is 10.2 Å². The molecular formula is C16H10N4OS. The fraction of sp³-hybridized carbons (Fsp3) is 0. The summed E-state index contributed by atoms with van der Waals surface area (Å²) in [7, 11) is 0. The molecule has 0 unspecified atom stereocenters. The SMILES string of the molecule is O=c1[nH]nc(-c2ccc(-c3cccnn3)s2)c2ccccc12. The summed E-state index contributed by atoms with van der Waals surface area (Å²) in [6.45, 7) is 0. The summed E-state index contributed by atoms with van der Waals surface area (Å²) >= 11 is 1.57. The lowest BCUT2D eigenvalue weighted by molar-refractivity contribution is 1.02. The van der Waals surface area contributed by atoms with Gasteiger partial charge in [0.1, 0.15) is 11.4 Å². The Morgan fingerprint density at radius 1 is 0.909 bits per heavy atom. The summed E-state index contributed by atoms with van der Waals surface area (Å²) in [6, 6.07) is 15.2. The van der Waals surface area contributed by atoms with Crippen LogP contribution in [0.15, 0.2) is 59.5 Å². The van der Waals surface area contributed by atoms with Crippen LogP contribution in [-0.2, 0) is 0 Å². The number of fused-ring (bicyclic) bond motifs is 1. The maximum absolute atomic E-state index is 11.9. The van der Waals surface area contributed by atoms with Crippen LogP contribution in [-0.4, -0.2) is 20.4 Å². The number of H-pyrrole nitrogens is 1. The number of nitrogens with zero attached hydrogens (tertiary/aromatic N) is 3. The Hall–Kier alpha value is -2.86. The molecule has 0 saturated heterocycles. The van der Waals surface area contributed by atoms with E-state index in [1.165, 1.54) is 0 Å². The monoisotopic (exact) mass is 306 g/mol. The fourth-order valence-electron chi connectivity index (χ4n) is 2.34. The zero-order valence-corrected chi connectivity index (χ0v) is 12.2. The maximum Gasteiger partial charge on any atom is 0.272 e. The summed E-state index contributed by atoms with van der Waals surface area (Å²) < 4.78 is 0. The number of thiophene rings is 1. The first-order chi connectivity index (χ1) is 10.8. The Balaban J connectivity index is 1.89. The molecule has 1 aromatic carbocycles. The van der Waals surface area contributed by atoms with E-state index >= 15 is 0 Å². The van der Waals surface area contributed by atoms with Gasteiger partial charge in [0.15, 0.2) is 0 Å². The number of nitrogens with one attached hydrogen (secondary N) is 1. The molecule has 0 atom stereocenters. The molecule has 4 aromatic rings. The molecule has 4 rings (SSSR count). The quantitative estimate of drug-likeness (QED) is 0.617. The zero-order valence-electron chi connectivity index (χ0n) is 11.4. The van der Waals surface area contributed by atoms with Gasteiger partial charge < -0.3 is 0 Å². The molecule has 22 heavy (non-hydrogen) atoms. The average Bonchev–Trinajstić information content (AvgIpc) is 3.06. The number of rotatable bonds is 2. The highest BCUT2D eigenvalue weighted by atomic mass is 32.1. The molecule has 0 aliphatic heterocycles. The minimum absolute atomic E-state index is 0.176. The van der Waals surface area contributed by atoms with Crippen molar-refractivity contribution in [3.05, 3.63) is 65.1 Å². The molecule has 0 radical (unpaired) electrons. The first-order valence-corrected chi connectivity index (χ1v) is 7.50. The molecule has 0 bridgehead atoms. The lowest BCUT2D eigenvalue weighted by Gasteiger charge is -2.02. The van der Waals surface area contributed by atoms with Gasteiger partial charge in [0.2, 0.25) is 0 Å². The summed E-state index contributed by atoms with van der Waals surface area (Å²) in [5.74, 6) is 0. The second-order valence-corrected chi connectivity index (χ2v) is 5.80.